The predicted octanol–water partition coefficient (Wildman–Crippen LogP) is 0.302. The molecule has 1 atom stereocenters. The minimum Gasteiger partial charge on any atom is -0.478 e. The zero-order valence-electron chi connectivity index (χ0n) is 10.00. The van der Waals surface area contributed by atoms with Gasteiger partial charge in [-0.1, -0.05) is 6.07 Å². The number of carbonyl (C=O) groups is 2. The molecule has 1 fully saturated rings. The number of hydrogen-bond donors (Lipinski definition) is 2. The minimum absolute atomic E-state index is 0.0201. The number of aromatic carboxylic acids is 1. The molecule has 1 aromatic carbocycles. The van der Waals surface area contributed by atoms with Crippen molar-refractivity contribution in [3.63, 3.8) is 0 Å². The van der Waals surface area contributed by atoms with Gasteiger partial charge >= 0.3 is 5.97 Å². The molecule has 0 aromatic heterocycles. The summed E-state index contributed by atoms with van der Waals surface area (Å²) >= 11 is 0. The highest BCUT2D eigenvalue weighted by Gasteiger charge is 2.29. The molecule has 1 aliphatic rings. The van der Waals surface area contributed by atoms with Crippen LogP contribution in [-0.2, 0) is 9.84 Å². The van der Waals surface area contributed by atoms with Crippen molar-refractivity contribution in [1.29, 1.82) is 0 Å². The van der Waals surface area contributed by atoms with E-state index in [1.165, 1.54) is 24.3 Å². The van der Waals surface area contributed by atoms with Gasteiger partial charge in [0.15, 0.2) is 9.84 Å². The van der Waals surface area contributed by atoms with Gasteiger partial charge in [-0.3, -0.25) is 4.79 Å². The molecule has 1 aliphatic heterocycles. The van der Waals surface area contributed by atoms with Crippen LogP contribution in [0.5, 0.6) is 0 Å². The predicted molar refractivity (Wildman–Crippen MR) is 67.9 cm³/mol. The topological polar surface area (TPSA) is 101 Å². The second-order valence-corrected chi connectivity index (χ2v) is 6.69. The lowest BCUT2D eigenvalue weighted by atomic mass is 10.1. The van der Waals surface area contributed by atoms with E-state index < -0.39 is 27.8 Å². The van der Waals surface area contributed by atoms with Crippen molar-refractivity contribution in [2.24, 2.45) is 0 Å². The van der Waals surface area contributed by atoms with Gasteiger partial charge in [-0.05, 0) is 24.6 Å². The van der Waals surface area contributed by atoms with Gasteiger partial charge in [0, 0.05) is 11.6 Å². The molecule has 0 aliphatic carbocycles. The van der Waals surface area contributed by atoms with E-state index in [-0.39, 0.29) is 22.6 Å². The highest BCUT2D eigenvalue weighted by molar-refractivity contribution is 7.91. The molecule has 2 N–H and O–H groups in total. The fourth-order valence-electron chi connectivity index (χ4n) is 1.97. The number of nitrogens with one attached hydrogen (secondary N) is 1. The van der Waals surface area contributed by atoms with Gasteiger partial charge in [0.05, 0.1) is 17.1 Å². The van der Waals surface area contributed by atoms with Gasteiger partial charge < -0.3 is 10.4 Å². The van der Waals surface area contributed by atoms with Crippen LogP contribution >= 0.6 is 0 Å². The summed E-state index contributed by atoms with van der Waals surface area (Å²) in [7, 11) is -3.05. The monoisotopic (exact) mass is 283 g/mol. The van der Waals surface area contributed by atoms with Crippen LogP contribution in [0.15, 0.2) is 24.3 Å². The van der Waals surface area contributed by atoms with E-state index in [0.717, 1.165) is 0 Å². The van der Waals surface area contributed by atoms with Gasteiger partial charge in [0.1, 0.15) is 0 Å². The molecule has 1 aromatic rings. The molecule has 0 spiro atoms. The average molecular weight is 283 g/mol. The van der Waals surface area contributed by atoms with E-state index in [4.69, 9.17) is 5.11 Å². The first-order valence-electron chi connectivity index (χ1n) is 5.72. The summed E-state index contributed by atoms with van der Waals surface area (Å²) in [4.78, 5) is 22.7. The lowest BCUT2D eigenvalue weighted by Crippen LogP contribution is -2.35. The lowest BCUT2D eigenvalue weighted by molar-refractivity contribution is 0.0697. The normalized spacial score (nSPS) is 20.9. The van der Waals surface area contributed by atoms with Gasteiger partial charge in [-0.2, -0.15) is 0 Å². The Bertz CT molecular complexity index is 623. The van der Waals surface area contributed by atoms with Crippen LogP contribution in [0.2, 0.25) is 0 Å². The van der Waals surface area contributed by atoms with E-state index in [1.54, 1.807) is 0 Å². The largest absolute Gasteiger partial charge is 0.478 e. The summed E-state index contributed by atoms with van der Waals surface area (Å²) in [6, 6.07) is 5.22. The van der Waals surface area contributed by atoms with Crippen LogP contribution in [0.1, 0.15) is 27.1 Å². The number of carboxylic acid groups (broad SMARTS) is 1. The summed E-state index contributed by atoms with van der Waals surface area (Å²) in [6.45, 7) is 0. The number of hydrogen-bond acceptors (Lipinski definition) is 4. The molecule has 19 heavy (non-hydrogen) atoms. The quantitative estimate of drug-likeness (QED) is 0.831. The minimum atomic E-state index is -3.05. The van der Waals surface area contributed by atoms with E-state index >= 15 is 0 Å². The smallest absolute Gasteiger partial charge is 0.335 e. The third kappa shape index (κ3) is 3.31. The molecule has 0 bridgehead atoms. The van der Waals surface area contributed by atoms with Gasteiger partial charge in [-0.25, -0.2) is 13.2 Å². The van der Waals surface area contributed by atoms with E-state index in [9.17, 15) is 18.0 Å². The fourth-order valence-corrected chi connectivity index (χ4v) is 3.64. The Kier molecular flexibility index (Phi) is 3.57. The van der Waals surface area contributed by atoms with Crippen molar-refractivity contribution in [2.45, 2.75) is 12.5 Å². The second-order valence-electron chi connectivity index (χ2n) is 4.46. The summed E-state index contributed by atoms with van der Waals surface area (Å²) in [5, 5.41) is 11.4. The Morgan fingerprint density at radius 2 is 1.95 bits per heavy atom. The lowest BCUT2D eigenvalue weighted by Gasteiger charge is -2.10. The van der Waals surface area contributed by atoms with Crippen molar-refractivity contribution in [3.05, 3.63) is 35.4 Å². The first kappa shape index (κ1) is 13.5. The van der Waals surface area contributed by atoms with Crippen LogP contribution in [0.25, 0.3) is 0 Å². The number of benzene rings is 1. The van der Waals surface area contributed by atoms with E-state index in [0.29, 0.717) is 6.42 Å². The Balaban J connectivity index is 2.08. The van der Waals surface area contributed by atoms with Gasteiger partial charge in [0.25, 0.3) is 5.91 Å². The van der Waals surface area contributed by atoms with E-state index in [1.807, 2.05) is 0 Å². The first-order chi connectivity index (χ1) is 8.87. The van der Waals surface area contributed by atoms with Crippen LogP contribution in [0.4, 0.5) is 0 Å². The van der Waals surface area contributed by atoms with Crippen LogP contribution < -0.4 is 5.32 Å². The third-order valence-corrected chi connectivity index (χ3v) is 4.71. The molecule has 1 amide bonds. The highest BCUT2D eigenvalue weighted by atomic mass is 32.2. The zero-order chi connectivity index (χ0) is 14.0. The van der Waals surface area contributed by atoms with E-state index in [2.05, 4.69) is 5.32 Å². The Morgan fingerprint density at radius 3 is 2.53 bits per heavy atom. The molecule has 1 heterocycles. The molecular weight excluding hydrogens is 270 g/mol. The molecule has 7 heteroatoms. The molecular formula is C12H13NO5S. The number of carboxylic acids is 1. The SMILES string of the molecule is O=C(O)c1cccc(C(=O)N[C@H]2CCS(=O)(=O)C2)c1. The summed E-state index contributed by atoms with van der Waals surface area (Å²) in [5.41, 5.74) is 0.232. The standard InChI is InChI=1S/C12H13NO5S/c14-11(13-10-4-5-19(17,18)7-10)8-2-1-3-9(6-8)12(15)16/h1-3,6,10H,4-5,7H2,(H,13,14)(H,15,16)/t10-/m0/s1. The molecule has 2 rings (SSSR count). The maximum Gasteiger partial charge on any atom is 0.335 e. The van der Waals surface area contributed by atoms with Crippen LogP contribution in [-0.4, -0.2) is 42.9 Å². The van der Waals surface area contributed by atoms with Crippen LogP contribution in [0, 0.1) is 0 Å². The zero-order valence-corrected chi connectivity index (χ0v) is 10.8. The van der Waals surface area contributed by atoms with Crippen molar-refractivity contribution in [1.82, 2.24) is 5.32 Å². The Morgan fingerprint density at radius 1 is 1.26 bits per heavy atom. The number of carbonyl (C=O) groups excluding carboxylic acids is 1. The average Bonchev–Trinajstić information content (AvgIpc) is 2.68. The molecule has 0 unspecified atom stereocenters. The van der Waals surface area contributed by atoms with Crippen molar-refractivity contribution < 1.29 is 23.1 Å². The molecule has 6 nitrogen and oxygen atoms in total. The number of rotatable bonds is 3. The fraction of sp³-hybridized carbons (Fsp3) is 0.333. The molecule has 102 valence electrons. The Labute approximate surface area is 110 Å². The highest BCUT2D eigenvalue weighted by Crippen LogP contribution is 2.12. The summed E-state index contributed by atoms with van der Waals surface area (Å²) < 4.78 is 22.5. The molecule has 1 saturated heterocycles. The van der Waals surface area contributed by atoms with Crippen molar-refractivity contribution in [2.75, 3.05) is 11.5 Å². The maximum absolute atomic E-state index is 11.9. The summed E-state index contributed by atoms with van der Waals surface area (Å²) in [6.07, 6.45) is 0.396. The maximum atomic E-state index is 11.9. The van der Waals surface area contributed by atoms with Crippen LogP contribution in [0.3, 0.4) is 0 Å². The Hall–Kier alpha value is -1.89. The second kappa shape index (κ2) is 5.00. The van der Waals surface area contributed by atoms with Crippen molar-refractivity contribution in [3.8, 4) is 0 Å². The molecule has 0 radical (unpaired) electrons. The summed E-state index contributed by atoms with van der Waals surface area (Å²) in [5.74, 6) is -1.55. The van der Waals surface area contributed by atoms with Gasteiger partial charge in [0.2, 0.25) is 0 Å². The molecule has 0 saturated carbocycles. The van der Waals surface area contributed by atoms with Crippen molar-refractivity contribution >= 4 is 21.7 Å². The van der Waals surface area contributed by atoms with Gasteiger partial charge in [-0.15, -0.1) is 0 Å². The third-order valence-electron chi connectivity index (χ3n) is 2.94. The number of amides is 1. The number of sulfone groups is 1. The first-order valence-corrected chi connectivity index (χ1v) is 7.54.